The van der Waals surface area contributed by atoms with Gasteiger partial charge in [-0.05, 0) is 38.0 Å². The van der Waals surface area contributed by atoms with Crippen LogP contribution in [0.25, 0.3) is 0 Å². The average molecular weight is 308 g/mol. The van der Waals surface area contributed by atoms with Gasteiger partial charge in [-0.3, -0.25) is 4.79 Å². The molecule has 112 valence electrons. The monoisotopic (exact) mass is 307 g/mol. The number of benzene rings is 1. The highest BCUT2D eigenvalue weighted by molar-refractivity contribution is 6.31. The summed E-state index contributed by atoms with van der Waals surface area (Å²) >= 11 is 5.88. The largest absolute Gasteiger partial charge is 0.377 e. The van der Waals surface area contributed by atoms with Crippen LogP contribution in [0.2, 0.25) is 5.02 Å². The van der Waals surface area contributed by atoms with Crippen LogP contribution in [-0.2, 0) is 9.53 Å². The summed E-state index contributed by atoms with van der Waals surface area (Å²) in [5.41, 5.74) is 0.821. The second-order valence-electron chi connectivity index (χ2n) is 5.07. The molecule has 5 nitrogen and oxygen atoms in total. The number of carbonyl (C=O) groups is 1. The van der Waals surface area contributed by atoms with Crippen LogP contribution in [-0.4, -0.2) is 31.2 Å². The Morgan fingerprint density at radius 1 is 1.62 bits per heavy atom. The SMILES string of the molecule is C[C@H](NCC(=O)Nc1cc(Cl)ccc1C#N)[C@@H]1CCCO1. The van der Waals surface area contributed by atoms with Crippen LogP contribution in [0.3, 0.4) is 0 Å². The fourth-order valence-corrected chi connectivity index (χ4v) is 2.47. The van der Waals surface area contributed by atoms with Crippen molar-refractivity contribution in [3.05, 3.63) is 28.8 Å². The van der Waals surface area contributed by atoms with Crippen molar-refractivity contribution < 1.29 is 9.53 Å². The second-order valence-corrected chi connectivity index (χ2v) is 5.51. The van der Waals surface area contributed by atoms with Crippen LogP contribution < -0.4 is 10.6 Å². The molecule has 1 amide bonds. The summed E-state index contributed by atoms with van der Waals surface area (Å²) < 4.78 is 5.56. The molecule has 2 N–H and O–H groups in total. The molecule has 0 aromatic heterocycles. The van der Waals surface area contributed by atoms with Crippen molar-refractivity contribution in [2.24, 2.45) is 0 Å². The molecule has 21 heavy (non-hydrogen) atoms. The standard InChI is InChI=1S/C15H18ClN3O2/c1-10(14-3-2-6-21-14)18-9-15(20)19-13-7-12(16)5-4-11(13)8-17/h4-5,7,10,14,18H,2-3,6,9H2,1H3,(H,19,20)/t10-,14-/m0/s1. The van der Waals surface area contributed by atoms with Crippen LogP contribution in [0.1, 0.15) is 25.3 Å². The van der Waals surface area contributed by atoms with Gasteiger partial charge >= 0.3 is 0 Å². The van der Waals surface area contributed by atoms with Gasteiger partial charge in [0.1, 0.15) is 6.07 Å². The molecule has 0 spiro atoms. The number of hydrogen-bond donors (Lipinski definition) is 2. The van der Waals surface area contributed by atoms with Gasteiger partial charge in [-0.15, -0.1) is 0 Å². The first-order valence-corrected chi connectivity index (χ1v) is 7.32. The third-order valence-corrected chi connectivity index (χ3v) is 3.72. The van der Waals surface area contributed by atoms with Gasteiger partial charge in [0.25, 0.3) is 0 Å². The highest BCUT2D eigenvalue weighted by atomic mass is 35.5. The first-order chi connectivity index (χ1) is 10.1. The summed E-state index contributed by atoms with van der Waals surface area (Å²) in [6.45, 7) is 2.96. The van der Waals surface area contributed by atoms with E-state index < -0.39 is 0 Å². The molecule has 0 bridgehead atoms. The minimum Gasteiger partial charge on any atom is -0.377 e. The fraction of sp³-hybridized carbons (Fsp3) is 0.467. The second kappa shape index (κ2) is 7.41. The van der Waals surface area contributed by atoms with E-state index in [1.165, 1.54) is 0 Å². The predicted molar refractivity (Wildman–Crippen MR) is 81.2 cm³/mol. The number of amides is 1. The molecule has 1 saturated heterocycles. The van der Waals surface area contributed by atoms with Gasteiger partial charge < -0.3 is 15.4 Å². The molecule has 6 heteroatoms. The first kappa shape index (κ1) is 15.8. The maximum absolute atomic E-state index is 11.9. The molecular formula is C15H18ClN3O2. The summed E-state index contributed by atoms with van der Waals surface area (Å²) in [5.74, 6) is -0.210. The Kier molecular flexibility index (Phi) is 5.57. The van der Waals surface area contributed by atoms with Gasteiger partial charge in [-0.2, -0.15) is 5.26 Å². The third-order valence-electron chi connectivity index (χ3n) is 3.48. The summed E-state index contributed by atoms with van der Waals surface area (Å²) in [6, 6.07) is 6.92. The number of halogens is 1. The molecule has 1 aromatic rings. The average Bonchev–Trinajstić information content (AvgIpc) is 2.99. The third kappa shape index (κ3) is 4.43. The molecule has 1 aliphatic heterocycles. The lowest BCUT2D eigenvalue weighted by molar-refractivity contribution is -0.115. The molecule has 2 rings (SSSR count). The molecule has 0 aliphatic carbocycles. The number of ether oxygens (including phenoxy) is 1. The van der Waals surface area contributed by atoms with Crippen molar-refractivity contribution in [2.45, 2.75) is 31.9 Å². The number of hydrogen-bond acceptors (Lipinski definition) is 4. The number of carbonyl (C=O) groups excluding carboxylic acids is 1. The van der Waals surface area contributed by atoms with Crippen LogP contribution in [0, 0.1) is 11.3 Å². The lowest BCUT2D eigenvalue weighted by Gasteiger charge is -2.19. The molecule has 1 aromatic carbocycles. The van der Waals surface area contributed by atoms with E-state index in [1.54, 1.807) is 18.2 Å². The summed E-state index contributed by atoms with van der Waals surface area (Å²) in [5, 5.41) is 15.3. The predicted octanol–water partition coefficient (Wildman–Crippen LogP) is 2.31. The zero-order valence-electron chi connectivity index (χ0n) is 11.9. The van der Waals surface area contributed by atoms with Crippen molar-refractivity contribution in [3.63, 3.8) is 0 Å². The van der Waals surface area contributed by atoms with E-state index in [2.05, 4.69) is 10.6 Å². The number of anilines is 1. The van der Waals surface area contributed by atoms with Gasteiger partial charge in [-0.1, -0.05) is 11.6 Å². The summed E-state index contributed by atoms with van der Waals surface area (Å²) in [7, 11) is 0. The van der Waals surface area contributed by atoms with Crippen molar-refractivity contribution >= 4 is 23.2 Å². The Balaban J connectivity index is 1.87. The zero-order valence-corrected chi connectivity index (χ0v) is 12.6. The molecular weight excluding hydrogens is 290 g/mol. The minimum absolute atomic E-state index is 0.119. The normalized spacial score (nSPS) is 19.0. The number of rotatable bonds is 5. The van der Waals surface area contributed by atoms with Gasteiger partial charge in [0.05, 0.1) is 23.9 Å². The van der Waals surface area contributed by atoms with E-state index in [1.807, 2.05) is 13.0 Å². The summed E-state index contributed by atoms with van der Waals surface area (Å²) in [6.07, 6.45) is 2.25. The Morgan fingerprint density at radius 3 is 3.10 bits per heavy atom. The molecule has 1 aliphatic rings. The number of nitrogens with one attached hydrogen (secondary N) is 2. The van der Waals surface area contributed by atoms with E-state index >= 15 is 0 Å². The van der Waals surface area contributed by atoms with Crippen LogP contribution >= 0.6 is 11.6 Å². The lowest BCUT2D eigenvalue weighted by Crippen LogP contribution is -2.41. The Morgan fingerprint density at radius 2 is 2.43 bits per heavy atom. The van der Waals surface area contributed by atoms with Crippen molar-refractivity contribution in [3.8, 4) is 6.07 Å². The maximum atomic E-state index is 11.9. The number of nitriles is 1. The maximum Gasteiger partial charge on any atom is 0.238 e. The molecule has 0 saturated carbocycles. The van der Waals surface area contributed by atoms with Crippen molar-refractivity contribution in [2.75, 3.05) is 18.5 Å². The first-order valence-electron chi connectivity index (χ1n) is 6.94. The van der Waals surface area contributed by atoms with Gasteiger partial charge in [0.15, 0.2) is 0 Å². The quantitative estimate of drug-likeness (QED) is 0.875. The van der Waals surface area contributed by atoms with Crippen LogP contribution in [0.5, 0.6) is 0 Å². The van der Waals surface area contributed by atoms with Crippen LogP contribution in [0.4, 0.5) is 5.69 Å². The van der Waals surface area contributed by atoms with E-state index in [0.29, 0.717) is 16.3 Å². The Bertz CT molecular complexity index is 550. The van der Waals surface area contributed by atoms with E-state index in [-0.39, 0.29) is 24.6 Å². The highest BCUT2D eigenvalue weighted by Crippen LogP contribution is 2.20. The van der Waals surface area contributed by atoms with E-state index in [0.717, 1.165) is 19.4 Å². The lowest BCUT2D eigenvalue weighted by atomic mass is 10.1. The molecule has 1 heterocycles. The van der Waals surface area contributed by atoms with E-state index in [4.69, 9.17) is 21.6 Å². The number of nitrogens with zero attached hydrogens (tertiary/aromatic N) is 1. The molecule has 0 unspecified atom stereocenters. The minimum atomic E-state index is -0.210. The van der Waals surface area contributed by atoms with Crippen molar-refractivity contribution in [1.82, 2.24) is 5.32 Å². The van der Waals surface area contributed by atoms with E-state index in [9.17, 15) is 4.79 Å². The Hall–Kier alpha value is -1.61. The molecule has 0 radical (unpaired) electrons. The van der Waals surface area contributed by atoms with Gasteiger partial charge in [-0.25, -0.2) is 0 Å². The van der Waals surface area contributed by atoms with Crippen molar-refractivity contribution in [1.29, 1.82) is 5.26 Å². The highest BCUT2D eigenvalue weighted by Gasteiger charge is 2.22. The fourth-order valence-electron chi connectivity index (χ4n) is 2.29. The smallest absolute Gasteiger partial charge is 0.238 e. The molecule has 2 atom stereocenters. The summed E-state index contributed by atoms with van der Waals surface area (Å²) in [4.78, 5) is 11.9. The van der Waals surface area contributed by atoms with Gasteiger partial charge in [0.2, 0.25) is 5.91 Å². The molecule has 1 fully saturated rings. The topological polar surface area (TPSA) is 74.2 Å². The van der Waals surface area contributed by atoms with Gasteiger partial charge in [0, 0.05) is 17.7 Å². The zero-order chi connectivity index (χ0) is 15.2. The van der Waals surface area contributed by atoms with Crippen LogP contribution in [0.15, 0.2) is 18.2 Å². The Labute approximate surface area is 129 Å².